The van der Waals surface area contributed by atoms with Crippen LogP contribution in [0.25, 0.3) is 0 Å². The van der Waals surface area contributed by atoms with Gasteiger partial charge in [0.15, 0.2) is 0 Å². The topological polar surface area (TPSA) is 96.9 Å². The summed E-state index contributed by atoms with van der Waals surface area (Å²) in [5.41, 5.74) is 1.16. The van der Waals surface area contributed by atoms with Crippen LogP contribution in [0, 0.1) is 0 Å². The van der Waals surface area contributed by atoms with Crippen molar-refractivity contribution in [1.29, 1.82) is 0 Å². The number of nitrogens with zero attached hydrogens (tertiary/aromatic N) is 1. The van der Waals surface area contributed by atoms with Gasteiger partial charge in [-0.05, 0) is 30.7 Å². The van der Waals surface area contributed by atoms with Gasteiger partial charge in [-0.1, -0.05) is 24.3 Å². The van der Waals surface area contributed by atoms with Crippen LogP contribution < -0.4 is 14.8 Å². The van der Waals surface area contributed by atoms with Crippen LogP contribution in [0.5, 0.6) is 5.75 Å². The van der Waals surface area contributed by atoms with E-state index < -0.39 is 10.0 Å². The van der Waals surface area contributed by atoms with Crippen molar-refractivity contribution >= 4 is 27.5 Å². The van der Waals surface area contributed by atoms with Gasteiger partial charge in [0.1, 0.15) is 11.6 Å². The first-order valence-electron chi connectivity index (χ1n) is 8.56. The Bertz CT molecular complexity index is 970. The van der Waals surface area contributed by atoms with Crippen molar-refractivity contribution in [3.8, 4) is 5.75 Å². The number of ether oxygens (including phenoxy) is 1. The summed E-state index contributed by atoms with van der Waals surface area (Å²) < 4.78 is 32.7. The van der Waals surface area contributed by atoms with Crippen molar-refractivity contribution in [3.05, 3.63) is 54.1 Å². The Hall–Kier alpha value is -2.87. The number of para-hydroxylation sites is 1. The fourth-order valence-corrected chi connectivity index (χ4v) is 3.94. The van der Waals surface area contributed by atoms with Gasteiger partial charge in [-0.2, -0.15) is 0 Å². The summed E-state index contributed by atoms with van der Waals surface area (Å²) in [5.74, 6) is 0.841. The highest BCUT2D eigenvalue weighted by Crippen LogP contribution is 2.20. The van der Waals surface area contributed by atoms with Gasteiger partial charge in [0.05, 0.1) is 18.4 Å². The maximum atomic E-state index is 12.5. The lowest BCUT2D eigenvalue weighted by molar-refractivity contribution is -0.115. The Morgan fingerprint density at radius 3 is 2.74 bits per heavy atom. The zero-order chi connectivity index (χ0) is 19.3. The molecule has 0 atom stereocenters. The largest absolute Gasteiger partial charge is 0.496 e. The fraction of sp³-hybridized carbons (Fsp3) is 0.263. The predicted molar refractivity (Wildman–Crippen MR) is 104 cm³/mol. The molecule has 2 aromatic carbocycles. The number of rotatable bonds is 6. The van der Waals surface area contributed by atoms with Crippen molar-refractivity contribution in [3.63, 3.8) is 0 Å². The number of benzene rings is 2. The quantitative estimate of drug-likeness (QED) is 0.795. The molecule has 7 nitrogen and oxygen atoms in total. The third-order valence-corrected chi connectivity index (χ3v) is 5.48. The van der Waals surface area contributed by atoms with Gasteiger partial charge in [-0.15, -0.1) is 0 Å². The summed E-state index contributed by atoms with van der Waals surface area (Å²) in [6, 6.07) is 13.4. The molecule has 0 aliphatic carbocycles. The maximum Gasteiger partial charge on any atom is 0.262 e. The summed E-state index contributed by atoms with van der Waals surface area (Å²) in [4.78, 5) is 16.5. The molecule has 2 N–H and O–H groups in total. The Morgan fingerprint density at radius 2 is 2.00 bits per heavy atom. The maximum absolute atomic E-state index is 12.5. The number of nitrogens with one attached hydrogen (secondary N) is 2. The van der Waals surface area contributed by atoms with E-state index in [1.54, 1.807) is 25.3 Å². The zero-order valence-electron chi connectivity index (χ0n) is 14.9. The molecule has 142 valence electrons. The first-order chi connectivity index (χ1) is 13.0. The van der Waals surface area contributed by atoms with Crippen LogP contribution in [-0.4, -0.2) is 33.8 Å². The first kappa shape index (κ1) is 18.9. The van der Waals surface area contributed by atoms with Gasteiger partial charge in [-0.3, -0.25) is 14.5 Å². The normalized spacial score (nSPS) is 13.7. The number of anilines is 1. The number of hydrogen-bond donors (Lipinski definition) is 2. The number of carbonyl (C=O) groups excluding carboxylic acids is 1. The number of methoxy groups -OCH3 is 1. The summed E-state index contributed by atoms with van der Waals surface area (Å²) in [7, 11) is -2.18. The van der Waals surface area contributed by atoms with Crippen molar-refractivity contribution < 1.29 is 17.9 Å². The van der Waals surface area contributed by atoms with E-state index in [-0.39, 0.29) is 17.2 Å². The molecule has 1 amide bonds. The molecule has 2 aromatic rings. The number of sulfonamides is 1. The van der Waals surface area contributed by atoms with Gasteiger partial charge < -0.3 is 10.1 Å². The lowest BCUT2D eigenvalue weighted by Crippen LogP contribution is -2.29. The Kier molecular flexibility index (Phi) is 5.75. The van der Waals surface area contributed by atoms with Crippen LogP contribution in [0.15, 0.2) is 58.4 Å². The molecule has 0 bridgehead atoms. The minimum absolute atomic E-state index is 0.0761. The first-order valence-corrected chi connectivity index (χ1v) is 10.0. The number of hydrogen-bond acceptors (Lipinski definition) is 5. The minimum atomic E-state index is -3.72. The number of amides is 1. The summed E-state index contributed by atoms with van der Waals surface area (Å²) >= 11 is 0. The zero-order valence-corrected chi connectivity index (χ0v) is 15.8. The molecule has 3 rings (SSSR count). The lowest BCUT2D eigenvalue weighted by Gasteiger charge is -2.11. The standard InChI is InChI=1S/C19H21N3O4S/c1-26-17-9-3-2-6-14(17)12-19(23)21-15-7-4-8-16(13-15)27(24,25)22-18-10-5-11-20-18/h2-4,6-9,13H,5,10-12H2,1H3,(H,20,22)(H,21,23). The Balaban J connectivity index is 1.71. The van der Waals surface area contributed by atoms with E-state index in [1.807, 2.05) is 18.2 Å². The molecule has 0 aromatic heterocycles. The molecular formula is C19H21N3O4S. The minimum Gasteiger partial charge on any atom is -0.496 e. The molecule has 0 radical (unpaired) electrons. The van der Waals surface area contributed by atoms with E-state index in [2.05, 4.69) is 15.0 Å². The SMILES string of the molecule is COc1ccccc1CC(=O)Nc1cccc(S(=O)(=O)NC2=NCCC2)c1. The highest BCUT2D eigenvalue weighted by molar-refractivity contribution is 7.90. The van der Waals surface area contributed by atoms with E-state index in [9.17, 15) is 13.2 Å². The molecule has 0 saturated carbocycles. The summed E-state index contributed by atoms with van der Waals surface area (Å²) in [6.45, 7) is 0.636. The smallest absolute Gasteiger partial charge is 0.262 e. The van der Waals surface area contributed by atoms with E-state index in [0.29, 0.717) is 30.2 Å². The molecule has 1 aliphatic heterocycles. The highest BCUT2D eigenvalue weighted by Gasteiger charge is 2.19. The second-order valence-corrected chi connectivity index (χ2v) is 7.78. The van der Waals surface area contributed by atoms with Crippen LogP contribution in [-0.2, 0) is 21.2 Å². The lowest BCUT2D eigenvalue weighted by atomic mass is 10.1. The molecule has 0 fully saturated rings. The Morgan fingerprint density at radius 1 is 1.19 bits per heavy atom. The van der Waals surface area contributed by atoms with E-state index in [1.165, 1.54) is 12.1 Å². The van der Waals surface area contributed by atoms with Gasteiger partial charge >= 0.3 is 0 Å². The van der Waals surface area contributed by atoms with Crippen molar-refractivity contribution in [2.24, 2.45) is 4.99 Å². The van der Waals surface area contributed by atoms with Crippen LogP contribution >= 0.6 is 0 Å². The average molecular weight is 387 g/mol. The molecular weight excluding hydrogens is 366 g/mol. The van der Waals surface area contributed by atoms with E-state index >= 15 is 0 Å². The van der Waals surface area contributed by atoms with E-state index in [0.717, 1.165) is 12.0 Å². The molecule has 1 aliphatic rings. The van der Waals surface area contributed by atoms with Crippen LogP contribution in [0.4, 0.5) is 5.69 Å². The third-order valence-electron chi connectivity index (χ3n) is 4.10. The van der Waals surface area contributed by atoms with Crippen molar-refractivity contribution in [1.82, 2.24) is 4.72 Å². The van der Waals surface area contributed by atoms with Crippen molar-refractivity contribution in [2.75, 3.05) is 19.0 Å². The van der Waals surface area contributed by atoms with Crippen LogP contribution in [0.3, 0.4) is 0 Å². The molecule has 8 heteroatoms. The van der Waals surface area contributed by atoms with Crippen LogP contribution in [0.2, 0.25) is 0 Å². The molecule has 0 spiro atoms. The van der Waals surface area contributed by atoms with Gasteiger partial charge in [0.25, 0.3) is 10.0 Å². The molecule has 0 unspecified atom stereocenters. The number of carbonyl (C=O) groups is 1. The Labute approximate surface area is 158 Å². The molecule has 1 heterocycles. The van der Waals surface area contributed by atoms with Gasteiger partial charge in [0, 0.05) is 24.2 Å². The molecule has 0 saturated heterocycles. The van der Waals surface area contributed by atoms with Gasteiger partial charge in [-0.25, -0.2) is 8.42 Å². The summed E-state index contributed by atoms with van der Waals surface area (Å²) in [5, 5.41) is 2.73. The second kappa shape index (κ2) is 8.22. The molecule has 27 heavy (non-hydrogen) atoms. The fourth-order valence-electron chi connectivity index (χ4n) is 2.81. The predicted octanol–water partition coefficient (Wildman–Crippen LogP) is 2.35. The monoisotopic (exact) mass is 387 g/mol. The summed E-state index contributed by atoms with van der Waals surface area (Å²) in [6.07, 6.45) is 1.58. The van der Waals surface area contributed by atoms with Crippen molar-refractivity contribution in [2.45, 2.75) is 24.2 Å². The second-order valence-electron chi connectivity index (χ2n) is 6.10. The average Bonchev–Trinajstić information content (AvgIpc) is 3.14. The number of aliphatic imine (C=N–C) groups is 1. The van der Waals surface area contributed by atoms with Gasteiger partial charge in [0.2, 0.25) is 5.91 Å². The van der Waals surface area contributed by atoms with Crippen LogP contribution in [0.1, 0.15) is 18.4 Å². The van der Waals surface area contributed by atoms with E-state index in [4.69, 9.17) is 4.74 Å². The third kappa shape index (κ3) is 4.85. The number of amidine groups is 1. The highest BCUT2D eigenvalue weighted by atomic mass is 32.2.